The fourth-order valence-corrected chi connectivity index (χ4v) is 2.22. The summed E-state index contributed by atoms with van der Waals surface area (Å²) in [5, 5.41) is 11.2. The molecule has 0 radical (unpaired) electrons. The third-order valence-electron chi connectivity index (χ3n) is 2.16. The van der Waals surface area contributed by atoms with E-state index in [1.54, 1.807) is 0 Å². The topological polar surface area (TPSA) is 85.3 Å². The van der Waals surface area contributed by atoms with E-state index in [1.165, 1.54) is 6.20 Å². The van der Waals surface area contributed by atoms with E-state index < -0.39 is 4.92 Å². The summed E-state index contributed by atoms with van der Waals surface area (Å²) in [6.45, 7) is 1.58. The van der Waals surface area contributed by atoms with Crippen molar-refractivity contribution in [2.45, 2.75) is 12.5 Å². The average Bonchev–Trinajstić information content (AvgIpc) is 2.70. The minimum absolute atomic E-state index is 0.0838. The second kappa shape index (κ2) is 3.50. The van der Waals surface area contributed by atoms with Crippen molar-refractivity contribution in [3.05, 3.63) is 16.3 Å². The monoisotopic (exact) mass is 214 g/mol. The maximum Gasteiger partial charge on any atom is 0.345 e. The summed E-state index contributed by atoms with van der Waals surface area (Å²) < 4.78 is 0. The van der Waals surface area contributed by atoms with E-state index >= 15 is 0 Å². The minimum Gasteiger partial charge on any atom is -0.346 e. The molecule has 0 saturated carbocycles. The van der Waals surface area contributed by atoms with Gasteiger partial charge in [-0.2, -0.15) is 0 Å². The molecular formula is C7H10N4O2S. The summed E-state index contributed by atoms with van der Waals surface area (Å²) in [5.41, 5.74) is 5.73. The third-order valence-corrected chi connectivity index (χ3v) is 3.17. The van der Waals surface area contributed by atoms with Crippen molar-refractivity contribution in [2.24, 2.45) is 5.73 Å². The van der Waals surface area contributed by atoms with Crippen molar-refractivity contribution in [1.29, 1.82) is 0 Å². The molecule has 0 amide bonds. The smallest absolute Gasteiger partial charge is 0.345 e. The Morgan fingerprint density at radius 1 is 1.79 bits per heavy atom. The van der Waals surface area contributed by atoms with Gasteiger partial charge in [0.15, 0.2) is 5.13 Å². The van der Waals surface area contributed by atoms with Gasteiger partial charge in [0, 0.05) is 19.1 Å². The number of nitro groups is 1. The molecule has 2 rings (SSSR count). The van der Waals surface area contributed by atoms with Crippen LogP contribution >= 0.6 is 11.3 Å². The number of anilines is 1. The van der Waals surface area contributed by atoms with Crippen LogP contribution < -0.4 is 10.6 Å². The molecule has 0 aromatic carbocycles. The minimum atomic E-state index is -0.419. The highest BCUT2D eigenvalue weighted by Crippen LogP contribution is 2.29. The number of aromatic nitrogens is 1. The van der Waals surface area contributed by atoms with Crippen LogP contribution in [0.3, 0.4) is 0 Å². The number of thiazole rings is 1. The zero-order chi connectivity index (χ0) is 10.1. The van der Waals surface area contributed by atoms with Gasteiger partial charge in [-0.1, -0.05) is 0 Å². The lowest BCUT2D eigenvalue weighted by atomic mass is 10.3. The van der Waals surface area contributed by atoms with Gasteiger partial charge in [-0.3, -0.25) is 10.1 Å². The van der Waals surface area contributed by atoms with Crippen molar-refractivity contribution in [3.63, 3.8) is 0 Å². The van der Waals surface area contributed by atoms with E-state index in [9.17, 15) is 10.1 Å². The molecule has 1 atom stereocenters. The Kier molecular flexibility index (Phi) is 2.34. The summed E-state index contributed by atoms with van der Waals surface area (Å²) >= 11 is 1.10. The van der Waals surface area contributed by atoms with E-state index in [0.717, 1.165) is 30.8 Å². The maximum absolute atomic E-state index is 10.4. The third kappa shape index (κ3) is 1.68. The van der Waals surface area contributed by atoms with Crippen LogP contribution in [0.2, 0.25) is 0 Å². The van der Waals surface area contributed by atoms with Crippen molar-refractivity contribution >= 4 is 21.5 Å². The summed E-state index contributed by atoms with van der Waals surface area (Å²) in [6.07, 6.45) is 2.22. The van der Waals surface area contributed by atoms with Gasteiger partial charge in [0.1, 0.15) is 6.20 Å². The van der Waals surface area contributed by atoms with Crippen LogP contribution in [0.5, 0.6) is 0 Å². The van der Waals surface area contributed by atoms with Gasteiger partial charge < -0.3 is 10.6 Å². The Hall–Kier alpha value is -1.21. The van der Waals surface area contributed by atoms with E-state index in [2.05, 4.69) is 4.98 Å². The molecular weight excluding hydrogens is 204 g/mol. The van der Waals surface area contributed by atoms with E-state index in [4.69, 9.17) is 5.73 Å². The molecule has 0 unspecified atom stereocenters. The normalized spacial score (nSPS) is 21.5. The second-order valence-electron chi connectivity index (χ2n) is 3.23. The zero-order valence-corrected chi connectivity index (χ0v) is 8.24. The average molecular weight is 214 g/mol. The Morgan fingerprint density at radius 2 is 2.57 bits per heavy atom. The van der Waals surface area contributed by atoms with E-state index in [0.29, 0.717) is 5.13 Å². The summed E-state index contributed by atoms with van der Waals surface area (Å²) in [5.74, 6) is 0. The Balaban J connectivity index is 2.13. The summed E-state index contributed by atoms with van der Waals surface area (Å²) in [4.78, 5) is 16.0. The molecule has 1 saturated heterocycles. The van der Waals surface area contributed by atoms with Crippen molar-refractivity contribution in [3.8, 4) is 0 Å². The second-order valence-corrected chi connectivity index (χ2v) is 4.22. The van der Waals surface area contributed by atoms with Gasteiger partial charge in [0.25, 0.3) is 0 Å². The molecule has 0 spiro atoms. The number of hydrogen-bond acceptors (Lipinski definition) is 6. The molecule has 14 heavy (non-hydrogen) atoms. The molecule has 1 aromatic heterocycles. The lowest BCUT2D eigenvalue weighted by Gasteiger charge is -2.12. The van der Waals surface area contributed by atoms with Crippen LogP contribution in [-0.4, -0.2) is 29.0 Å². The van der Waals surface area contributed by atoms with Crippen LogP contribution in [0, 0.1) is 10.1 Å². The first-order chi connectivity index (χ1) is 6.66. The molecule has 1 aliphatic rings. The fraction of sp³-hybridized carbons (Fsp3) is 0.571. The van der Waals surface area contributed by atoms with Crippen molar-refractivity contribution in [1.82, 2.24) is 4.98 Å². The molecule has 1 fully saturated rings. The predicted molar refractivity (Wildman–Crippen MR) is 53.6 cm³/mol. The predicted octanol–water partition coefficient (Wildman–Crippen LogP) is 0.589. The Bertz CT molecular complexity index is 353. The summed E-state index contributed by atoms with van der Waals surface area (Å²) in [7, 11) is 0. The quantitative estimate of drug-likeness (QED) is 0.575. The molecule has 6 nitrogen and oxygen atoms in total. The van der Waals surface area contributed by atoms with Gasteiger partial charge in [-0.05, 0) is 17.8 Å². The molecule has 0 bridgehead atoms. The highest BCUT2D eigenvalue weighted by molar-refractivity contribution is 7.18. The largest absolute Gasteiger partial charge is 0.346 e. The van der Waals surface area contributed by atoms with Crippen LogP contribution in [-0.2, 0) is 0 Å². The zero-order valence-electron chi connectivity index (χ0n) is 7.42. The van der Waals surface area contributed by atoms with Gasteiger partial charge >= 0.3 is 5.00 Å². The number of nitrogens with zero attached hydrogens (tertiary/aromatic N) is 3. The molecule has 7 heteroatoms. The fourth-order valence-electron chi connectivity index (χ4n) is 1.45. The first kappa shape index (κ1) is 9.35. The van der Waals surface area contributed by atoms with Gasteiger partial charge in [-0.25, -0.2) is 4.98 Å². The number of rotatable bonds is 2. The first-order valence-corrected chi connectivity index (χ1v) is 5.09. The maximum atomic E-state index is 10.4. The van der Waals surface area contributed by atoms with Crippen LogP contribution in [0.15, 0.2) is 6.20 Å². The van der Waals surface area contributed by atoms with E-state index in [1.807, 2.05) is 4.90 Å². The van der Waals surface area contributed by atoms with Crippen molar-refractivity contribution < 1.29 is 4.92 Å². The van der Waals surface area contributed by atoms with Crippen LogP contribution in [0.4, 0.5) is 10.1 Å². The lowest BCUT2D eigenvalue weighted by Crippen LogP contribution is -2.26. The lowest BCUT2D eigenvalue weighted by molar-refractivity contribution is -0.380. The molecule has 1 aliphatic heterocycles. The molecule has 2 heterocycles. The molecule has 1 aromatic rings. The van der Waals surface area contributed by atoms with Crippen LogP contribution in [0.1, 0.15) is 6.42 Å². The van der Waals surface area contributed by atoms with Gasteiger partial charge in [-0.15, -0.1) is 0 Å². The van der Waals surface area contributed by atoms with Gasteiger partial charge in [0.2, 0.25) is 0 Å². The molecule has 0 aliphatic carbocycles. The van der Waals surface area contributed by atoms with Crippen molar-refractivity contribution in [2.75, 3.05) is 18.0 Å². The number of hydrogen-bond donors (Lipinski definition) is 1. The number of nitrogens with two attached hydrogens (primary N) is 1. The molecule has 76 valence electrons. The highest BCUT2D eigenvalue weighted by Gasteiger charge is 2.23. The van der Waals surface area contributed by atoms with Crippen LogP contribution in [0.25, 0.3) is 0 Å². The standard InChI is InChI=1S/C7H10N4O2S/c8-5-1-2-10(4-5)7-9-3-6(14-7)11(12)13/h3,5H,1-2,4,8H2/t5-/m1/s1. The highest BCUT2D eigenvalue weighted by atomic mass is 32.1. The Morgan fingerprint density at radius 3 is 3.07 bits per heavy atom. The summed E-state index contributed by atoms with van der Waals surface area (Å²) in [6, 6.07) is 0.165. The molecule has 2 N–H and O–H groups in total. The first-order valence-electron chi connectivity index (χ1n) is 4.27. The van der Waals surface area contributed by atoms with Gasteiger partial charge in [0.05, 0.1) is 4.92 Å². The van der Waals surface area contributed by atoms with E-state index in [-0.39, 0.29) is 11.0 Å². The SMILES string of the molecule is N[C@@H]1CCN(c2ncc([N+](=O)[O-])s2)C1. The Labute approximate surface area is 84.5 Å².